The normalized spacial score (nSPS) is 10.7. The fourth-order valence-corrected chi connectivity index (χ4v) is 1.32. The molecule has 1 aromatic rings. The van der Waals surface area contributed by atoms with Crippen LogP contribution in [0.1, 0.15) is 17.5 Å². The summed E-state index contributed by atoms with van der Waals surface area (Å²) in [6.45, 7) is 1.88. The van der Waals surface area contributed by atoms with Gasteiger partial charge in [0.05, 0.1) is 6.61 Å². The Labute approximate surface area is 95.4 Å². The van der Waals surface area contributed by atoms with Gasteiger partial charge in [-0.1, -0.05) is 12.1 Å². The molecule has 0 atom stereocenters. The minimum atomic E-state index is -0.255. The molecule has 2 N–H and O–H groups in total. The zero-order valence-corrected chi connectivity index (χ0v) is 9.54. The zero-order valence-electron chi connectivity index (χ0n) is 9.54. The molecular formula is C12H18FNO2. The van der Waals surface area contributed by atoms with Crippen LogP contribution in [0.2, 0.25) is 0 Å². The van der Waals surface area contributed by atoms with E-state index in [9.17, 15) is 4.39 Å². The van der Waals surface area contributed by atoms with Gasteiger partial charge in [-0.05, 0) is 18.1 Å². The minimum Gasteiger partial charge on any atom is -0.385 e. The Balaban J connectivity index is 2.36. The predicted octanol–water partition coefficient (Wildman–Crippen LogP) is 1.84. The molecule has 0 unspecified atom stereocenters. The summed E-state index contributed by atoms with van der Waals surface area (Å²) < 4.78 is 23.7. The fourth-order valence-electron chi connectivity index (χ4n) is 1.32. The second-order valence-electron chi connectivity index (χ2n) is 3.53. The molecule has 0 radical (unpaired) electrons. The van der Waals surface area contributed by atoms with Crippen LogP contribution in [0.4, 0.5) is 4.39 Å². The van der Waals surface area contributed by atoms with Gasteiger partial charge < -0.3 is 15.2 Å². The lowest BCUT2D eigenvalue weighted by Gasteiger charge is -2.06. The Kier molecular flexibility index (Phi) is 6.00. The highest BCUT2D eigenvalue weighted by molar-refractivity contribution is 5.23. The van der Waals surface area contributed by atoms with Crippen LogP contribution in [0.25, 0.3) is 0 Å². The smallest absolute Gasteiger partial charge is 0.129 e. The molecule has 0 spiro atoms. The third-order valence-corrected chi connectivity index (χ3v) is 2.25. The number of ether oxygens (including phenoxy) is 2. The molecule has 0 saturated carbocycles. The maximum Gasteiger partial charge on any atom is 0.129 e. The summed E-state index contributed by atoms with van der Waals surface area (Å²) in [4.78, 5) is 0. The Morgan fingerprint density at radius 1 is 1.31 bits per heavy atom. The van der Waals surface area contributed by atoms with E-state index in [1.54, 1.807) is 13.2 Å². The Bertz CT molecular complexity index is 318. The quantitative estimate of drug-likeness (QED) is 0.723. The van der Waals surface area contributed by atoms with Crippen molar-refractivity contribution in [1.82, 2.24) is 0 Å². The molecule has 4 heteroatoms. The van der Waals surface area contributed by atoms with Crippen LogP contribution in [0, 0.1) is 5.82 Å². The van der Waals surface area contributed by atoms with E-state index in [4.69, 9.17) is 15.2 Å². The van der Waals surface area contributed by atoms with Gasteiger partial charge in [0, 0.05) is 32.4 Å². The molecular weight excluding hydrogens is 209 g/mol. The second-order valence-corrected chi connectivity index (χ2v) is 3.53. The molecule has 16 heavy (non-hydrogen) atoms. The van der Waals surface area contributed by atoms with Crippen LogP contribution < -0.4 is 5.73 Å². The maximum atomic E-state index is 13.5. The van der Waals surface area contributed by atoms with Crippen LogP contribution in [-0.2, 0) is 22.6 Å². The number of benzene rings is 1. The van der Waals surface area contributed by atoms with E-state index >= 15 is 0 Å². The summed E-state index contributed by atoms with van der Waals surface area (Å²) in [5.74, 6) is -0.255. The summed E-state index contributed by atoms with van der Waals surface area (Å²) >= 11 is 0. The first-order valence-electron chi connectivity index (χ1n) is 5.32. The van der Waals surface area contributed by atoms with Crippen molar-refractivity contribution >= 4 is 0 Å². The first kappa shape index (κ1) is 13.1. The van der Waals surface area contributed by atoms with E-state index in [-0.39, 0.29) is 5.82 Å². The predicted molar refractivity (Wildman–Crippen MR) is 60.4 cm³/mol. The monoisotopic (exact) mass is 227 g/mol. The molecule has 0 aliphatic rings. The second kappa shape index (κ2) is 7.33. The lowest BCUT2D eigenvalue weighted by atomic mass is 10.1. The summed E-state index contributed by atoms with van der Waals surface area (Å²) in [5, 5.41) is 0. The van der Waals surface area contributed by atoms with E-state index in [1.807, 2.05) is 6.07 Å². The fraction of sp³-hybridized carbons (Fsp3) is 0.500. The van der Waals surface area contributed by atoms with Gasteiger partial charge in [0.15, 0.2) is 0 Å². The molecule has 3 nitrogen and oxygen atoms in total. The molecule has 0 bridgehead atoms. The minimum absolute atomic E-state index is 0.255. The van der Waals surface area contributed by atoms with Gasteiger partial charge in [0.1, 0.15) is 5.82 Å². The first-order valence-corrected chi connectivity index (χ1v) is 5.32. The first-order chi connectivity index (χ1) is 7.77. The average Bonchev–Trinajstić information content (AvgIpc) is 2.30. The van der Waals surface area contributed by atoms with Crippen molar-refractivity contribution in [3.63, 3.8) is 0 Å². The SMILES string of the molecule is COCCCOCc1ccc(CN)cc1F. The van der Waals surface area contributed by atoms with Gasteiger partial charge in [0.25, 0.3) is 0 Å². The molecule has 1 rings (SSSR count). The molecule has 0 aromatic heterocycles. The molecule has 1 aromatic carbocycles. The number of methoxy groups -OCH3 is 1. The van der Waals surface area contributed by atoms with Crippen LogP contribution in [0.15, 0.2) is 18.2 Å². The number of nitrogens with two attached hydrogens (primary N) is 1. The lowest BCUT2D eigenvalue weighted by Crippen LogP contribution is -2.02. The Morgan fingerprint density at radius 3 is 2.75 bits per heavy atom. The lowest BCUT2D eigenvalue weighted by molar-refractivity contribution is 0.0912. The van der Waals surface area contributed by atoms with Crippen molar-refractivity contribution in [2.45, 2.75) is 19.6 Å². The average molecular weight is 227 g/mol. The third kappa shape index (κ3) is 4.26. The van der Waals surface area contributed by atoms with Gasteiger partial charge in [-0.2, -0.15) is 0 Å². The number of halogens is 1. The van der Waals surface area contributed by atoms with Crippen molar-refractivity contribution in [1.29, 1.82) is 0 Å². The maximum absolute atomic E-state index is 13.5. The molecule has 0 aliphatic heterocycles. The highest BCUT2D eigenvalue weighted by Crippen LogP contribution is 2.11. The summed E-state index contributed by atoms with van der Waals surface area (Å²) in [6.07, 6.45) is 0.818. The largest absolute Gasteiger partial charge is 0.385 e. The van der Waals surface area contributed by atoms with E-state index in [2.05, 4.69) is 0 Å². The van der Waals surface area contributed by atoms with Gasteiger partial charge in [-0.25, -0.2) is 4.39 Å². The van der Waals surface area contributed by atoms with Crippen LogP contribution >= 0.6 is 0 Å². The summed E-state index contributed by atoms with van der Waals surface area (Å²) in [5.41, 5.74) is 6.77. The van der Waals surface area contributed by atoms with Crippen molar-refractivity contribution in [2.75, 3.05) is 20.3 Å². The van der Waals surface area contributed by atoms with Crippen molar-refractivity contribution in [2.24, 2.45) is 5.73 Å². The topological polar surface area (TPSA) is 44.5 Å². The van der Waals surface area contributed by atoms with Crippen molar-refractivity contribution < 1.29 is 13.9 Å². The van der Waals surface area contributed by atoms with Crippen LogP contribution in [0.5, 0.6) is 0 Å². The van der Waals surface area contributed by atoms with E-state index in [0.717, 1.165) is 12.0 Å². The molecule has 0 aliphatic carbocycles. The van der Waals surface area contributed by atoms with E-state index in [0.29, 0.717) is 31.9 Å². The molecule has 0 amide bonds. The number of rotatable bonds is 7. The van der Waals surface area contributed by atoms with Crippen LogP contribution in [0.3, 0.4) is 0 Å². The Hall–Kier alpha value is -0.970. The number of hydrogen-bond donors (Lipinski definition) is 1. The molecule has 0 fully saturated rings. The third-order valence-electron chi connectivity index (χ3n) is 2.25. The Morgan fingerprint density at radius 2 is 2.12 bits per heavy atom. The van der Waals surface area contributed by atoms with Gasteiger partial charge in [-0.15, -0.1) is 0 Å². The van der Waals surface area contributed by atoms with Crippen molar-refractivity contribution in [3.8, 4) is 0 Å². The standard InChI is InChI=1S/C12H18FNO2/c1-15-5-2-6-16-9-11-4-3-10(8-14)7-12(11)13/h3-4,7H,2,5-6,8-9,14H2,1H3. The van der Waals surface area contributed by atoms with Gasteiger partial charge in [0.2, 0.25) is 0 Å². The molecule has 0 heterocycles. The van der Waals surface area contributed by atoms with Gasteiger partial charge >= 0.3 is 0 Å². The van der Waals surface area contributed by atoms with E-state index < -0.39 is 0 Å². The van der Waals surface area contributed by atoms with Crippen molar-refractivity contribution in [3.05, 3.63) is 35.1 Å². The summed E-state index contributed by atoms with van der Waals surface area (Å²) in [7, 11) is 1.64. The van der Waals surface area contributed by atoms with E-state index in [1.165, 1.54) is 6.07 Å². The molecule has 0 saturated heterocycles. The van der Waals surface area contributed by atoms with Gasteiger partial charge in [-0.3, -0.25) is 0 Å². The molecule has 90 valence electrons. The highest BCUT2D eigenvalue weighted by atomic mass is 19.1. The number of hydrogen-bond acceptors (Lipinski definition) is 3. The highest BCUT2D eigenvalue weighted by Gasteiger charge is 2.02. The summed E-state index contributed by atoms with van der Waals surface area (Å²) in [6, 6.07) is 4.98. The van der Waals surface area contributed by atoms with Crippen LogP contribution in [-0.4, -0.2) is 20.3 Å². The zero-order chi connectivity index (χ0) is 11.8.